The summed E-state index contributed by atoms with van der Waals surface area (Å²) in [5.74, 6) is -1.55. The van der Waals surface area contributed by atoms with Crippen molar-refractivity contribution in [2.24, 2.45) is 5.92 Å². The Morgan fingerprint density at radius 1 is 1.38 bits per heavy atom. The maximum absolute atomic E-state index is 11.7. The Hall–Kier alpha value is -1.82. The van der Waals surface area contributed by atoms with Crippen molar-refractivity contribution >= 4 is 38.7 Å². The van der Waals surface area contributed by atoms with E-state index in [1.165, 1.54) is 0 Å². The summed E-state index contributed by atoms with van der Waals surface area (Å²) in [6.07, 6.45) is 2.02. The highest BCUT2D eigenvalue weighted by atomic mass is 79.9. The van der Waals surface area contributed by atoms with Gasteiger partial charge in [0.25, 0.3) is 0 Å². The average molecular weight is 353 g/mol. The van der Waals surface area contributed by atoms with Gasteiger partial charge in [-0.25, -0.2) is 4.79 Å². The topological polar surface area (TPSA) is 82.2 Å². The fourth-order valence-corrected chi connectivity index (χ4v) is 2.75. The van der Waals surface area contributed by atoms with Gasteiger partial charge in [-0.15, -0.1) is 0 Å². The highest BCUT2D eigenvalue weighted by molar-refractivity contribution is 9.10. The summed E-state index contributed by atoms with van der Waals surface area (Å²) in [5.41, 5.74) is 1.78. The Morgan fingerprint density at radius 2 is 2.10 bits per heavy atom. The lowest BCUT2D eigenvalue weighted by Gasteiger charge is -2.16. The number of aromatic amines is 1. The molecule has 3 N–H and O–H groups in total. The summed E-state index contributed by atoms with van der Waals surface area (Å²) in [6.45, 7) is 3.47. The molecule has 1 aromatic heterocycles. The minimum Gasteiger partial charge on any atom is -0.480 e. The van der Waals surface area contributed by atoms with E-state index in [0.29, 0.717) is 0 Å². The second-order valence-electron chi connectivity index (χ2n) is 5.23. The molecule has 1 atom stereocenters. The number of carboxylic acids is 1. The first-order valence-electron chi connectivity index (χ1n) is 6.67. The molecule has 0 fully saturated rings. The van der Waals surface area contributed by atoms with Gasteiger partial charge in [-0.2, -0.15) is 0 Å². The number of amides is 1. The molecule has 0 aliphatic carbocycles. The van der Waals surface area contributed by atoms with Crippen LogP contribution in [0.2, 0.25) is 0 Å². The molecule has 0 saturated heterocycles. The van der Waals surface area contributed by atoms with Crippen LogP contribution in [0.3, 0.4) is 0 Å². The summed E-state index contributed by atoms with van der Waals surface area (Å²) in [5, 5.41) is 12.8. The number of hydrogen-bond acceptors (Lipinski definition) is 2. The van der Waals surface area contributed by atoms with E-state index in [1.54, 1.807) is 20.0 Å². The van der Waals surface area contributed by atoms with Gasteiger partial charge >= 0.3 is 5.97 Å². The van der Waals surface area contributed by atoms with Crippen molar-refractivity contribution < 1.29 is 14.7 Å². The molecule has 1 aromatic carbocycles. The van der Waals surface area contributed by atoms with Gasteiger partial charge in [0, 0.05) is 33.9 Å². The summed E-state index contributed by atoms with van der Waals surface area (Å²) in [6, 6.07) is 4.79. The molecule has 0 radical (unpaired) electrons. The van der Waals surface area contributed by atoms with Crippen LogP contribution in [0.5, 0.6) is 0 Å². The molecule has 0 bridgehead atoms. The minimum atomic E-state index is -1.04. The lowest BCUT2D eigenvalue weighted by atomic mass is 10.0. The predicted octanol–water partition coefficient (Wildman–Crippen LogP) is 2.70. The molecule has 112 valence electrons. The number of rotatable bonds is 5. The number of H-pyrrole nitrogens is 1. The first-order chi connectivity index (χ1) is 9.90. The molecule has 1 heterocycles. The lowest BCUT2D eigenvalue weighted by Crippen LogP contribution is -2.44. The number of fused-ring (bicyclic) bond motifs is 1. The Morgan fingerprint density at radius 3 is 2.71 bits per heavy atom. The standard InChI is InChI=1S/C15H17BrN2O3/c1-8(2)14(19)18-12(15(20)21)6-9-7-17-11-5-3-4-10(16)13(9)11/h3-5,7-8,12,17H,6H2,1-2H3,(H,18,19)(H,20,21). The molecule has 5 nitrogen and oxygen atoms in total. The number of benzene rings is 1. The molecule has 1 unspecified atom stereocenters. The minimum absolute atomic E-state index is 0.233. The van der Waals surface area contributed by atoms with E-state index >= 15 is 0 Å². The second-order valence-corrected chi connectivity index (χ2v) is 6.09. The van der Waals surface area contributed by atoms with Gasteiger partial charge < -0.3 is 15.4 Å². The molecule has 21 heavy (non-hydrogen) atoms. The van der Waals surface area contributed by atoms with Gasteiger partial charge in [-0.1, -0.05) is 35.8 Å². The van der Waals surface area contributed by atoms with Gasteiger partial charge in [0.1, 0.15) is 6.04 Å². The molecule has 0 saturated carbocycles. The summed E-state index contributed by atoms with van der Waals surface area (Å²) in [7, 11) is 0. The van der Waals surface area contributed by atoms with Gasteiger partial charge in [0.05, 0.1) is 0 Å². The largest absolute Gasteiger partial charge is 0.480 e. The zero-order valence-corrected chi connectivity index (χ0v) is 13.4. The summed E-state index contributed by atoms with van der Waals surface area (Å²) in [4.78, 5) is 26.2. The number of hydrogen-bond donors (Lipinski definition) is 3. The fourth-order valence-electron chi connectivity index (χ4n) is 2.13. The average Bonchev–Trinajstić information content (AvgIpc) is 2.82. The van der Waals surface area contributed by atoms with E-state index in [4.69, 9.17) is 0 Å². The van der Waals surface area contributed by atoms with Crippen LogP contribution < -0.4 is 5.32 Å². The Balaban J connectivity index is 2.27. The van der Waals surface area contributed by atoms with E-state index in [0.717, 1.165) is 20.9 Å². The zero-order valence-electron chi connectivity index (χ0n) is 11.8. The molecular weight excluding hydrogens is 336 g/mol. The third kappa shape index (κ3) is 3.44. The molecule has 2 aromatic rings. The van der Waals surface area contributed by atoms with E-state index in [-0.39, 0.29) is 18.2 Å². The number of carbonyl (C=O) groups excluding carboxylic acids is 1. The highest BCUT2D eigenvalue weighted by Gasteiger charge is 2.23. The number of halogens is 1. The van der Waals surface area contributed by atoms with Crippen LogP contribution in [0.15, 0.2) is 28.9 Å². The van der Waals surface area contributed by atoms with Crippen LogP contribution >= 0.6 is 15.9 Å². The third-order valence-corrected chi connectivity index (χ3v) is 3.96. The maximum atomic E-state index is 11.7. The Labute approximate surface area is 130 Å². The number of carboxylic acid groups (broad SMARTS) is 1. The van der Waals surface area contributed by atoms with Gasteiger partial charge in [0.15, 0.2) is 0 Å². The van der Waals surface area contributed by atoms with Crippen molar-refractivity contribution in [3.63, 3.8) is 0 Å². The fraction of sp³-hybridized carbons (Fsp3) is 0.333. The zero-order chi connectivity index (χ0) is 15.6. The smallest absolute Gasteiger partial charge is 0.326 e. The summed E-state index contributed by atoms with van der Waals surface area (Å²) < 4.78 is 0.899. The highest BCUT2D eigenvalue weighted by Crippen LogP contribution is 2.27. The van der Waals surface area contributed by atoms with Crippen LogP contribution in [0, 0.1) is 5.92 Å². The van der Waals surface area contributed by atoms with Gasteiger partial charge in [-0.05, 0) is 17.7 Å². The van der Waals surface area contributed by atoms with E-state index in [9.17, 15) is 14.7 Å². The quantitative estimate of drug-likeness (QED) is 0.773. The Kier molecular flexibility index (Phi) is 4.67. The molecule has 1 amide bonds. The van der Waals surface area contributed by atoms with E-state index < -0.39 is 12.0 Å². The number of aromatic nitrogens is 1. The number of nitrogens with one attached hydrogen (secondary N) is 2. The molecule has 0 aliphatic heterocycles. The molecule has 2 rings (SSSR count). The van der Waals surface area contributed by atoms with Crippen molar-refractivity contribution in [1.29, 1.82) is 0 Å². The molecule has 0 spiro atoms. The van der Waals surface area contributed by atoms with Crippen LogP contribution in [0.25, 0.3) is 10.9 Å². The predicted molar refractivity (Wildman–Crippen MR) is 84.1 cm³/mol. The summed E-state index contributed by atoms with van der Waals surface area (Å²) >= 11 is 3.47. The first kappa shape index (κ1) is 15.6. The first-order valence-corrected chi connectivity index (χ1v) is 7.47. The lowest BCUT2D eigenvalue weighted by molar-refractivity contribution is -0.142. The monoisotopic (exact) mass is 352 g/mol. The van der Waals surface area contributed by atoms with Crippen molar-refractivity contribution in [3.05, 3.63) is 34.4 Å². The van der Waals surface area contributed by atoms with Crippen molar-refractivity contribution in [3.8, 4) is 0 Å². The van der Waals surface area contributed by atoms with Gasteiger partial charge in [-0.3, -0.25) is 4.79 Å². The molecular formula is C15H17BrN2O3. The van der Waals surface area contributed by atoms with Gasteiger partial charge in [0.2, 0.25) is 5.91 Å². The molecule has 6 heteroatoms. The van der Waals surface area contributed by atoms with E-state index in [2.05, 4.69) is 26.2 Å². The Bertz CT molecular complexity index is 679. The van der Waals surface area contributed by atoms with Crippen molar-refractivity contribution in [1.82, 2.24) is 10.3 Å². The van der Waals surface area contributed by atoms with Crippen LogP contribution in [-0.4, -0.2) is 28.0 Å². The third-order valence-electron chi connectivity index (χ3n) is 3.30. The van der Waals surface area contributed by atoms with Crippen LogP contribution in [-0.2, 0) is 16.0 Å². The second kappa shape index (κ2) is 6.30. The van der Waals surface area contributed by atoms with Crippen LogP contribution in [0.1, 0.15) is 19.4 Å². The molecule has 0 aliphatic rings. The van der Waals surface area contributed by atoms with E-state index in [1.807, 2.05) is 18.2 Å². The maximum Gasteiger partial charge on any atom is 0.326 e. The van der Waals surface area contributed by atoms with Crippen molar-refractivity contribution in [2.75, 3.05) is 0 Å². The number of aliphatic carboxylic acids is 1. The number of carbonyl (C=O) groups is 2. The van der Waals surface area contributed by atoms with Crippen molar-refractivity contribution in [2.45, 2.75) is 26.3 Å². The SMILES string of the molecule is CC(C)C(=O)NC(Cc1c[nH]c2cccc(Br)c12)C(=O)O. The normalized spacial score (nSPS) is 12.6. The van der Waals surface area contributed by atoms with Crippen LogP contribution in [0.4, 0.5) is 0 Å².